The van der Waals surface area contributed by atoms with E-state index in [0.29, 0.717) is 32.0 Å². The number of carbonyl (C=O) groups is 1. The van der Waals surface area contributed by atoms with Crippen LogP contribution in [0.3, 0.4) is 0 Å². The molecule has 0 saturated heterocycles. The Morgan fingerprint density at radius 3 is 2.73 bits per heavy atom. The number of guanidine groups is 1. The van der Waals surface area contributed by atoms with Gasteiger partial charge in [-0.3, -0.25) is 9.79 Å². The first-order valence-corrected chi connectivity index (χ1v) is 7.10. The summed E-state index contributed by atoms with van der Waals surface area (Å²) in [5.41, 5.74) is 0. The molecule has 8 heteroatoms. The second kappa shape index (κ2) is 13.4. The van der Waals surface area contributed by atoms with Gasteiger partial charge in [0, 0.05) is 39.9 Å². The van der Waals surface area contributed by atoms with Crippen molar-refractivity contribution >= 4 is 35.8 Å². The second-order valence-corrected chi connectivity index (χ2v) is 4.27. The van der Waals surface area contributed by atoms with Gasteiger partial charge in [0.1, 0.15) is 0 Å². The first-order valence-electron chi connectivity index (χ1n) is 7.10. The van der Waals surface area contributed by atoms with Gasteiger partial charge in [0.25, 0.3) is 5.91 Å². The smallest absolute Gasteiger partial charge is 0.287 e. The minimum atomic E-state index is -0.219. The predicted molar refractivity (Wildman–Crippen MR) is 96.9 cm³/mol. The molecule has 0 atom stereocenters. The summed E-state index contributed by atoms with van der Waals surface area (Å²) in [6, 6.07) is 3.31. The highest BCUT2D eigenvalue weighted by atomic mass is 127. The number of nitrogens with zero attached hydrogens (tertiary/aromatic N) is 1. The van der Waals surface area contributed by atoms with E-state index in [1.165, 1.54) is 6.26 Å². The van der Waals surface area contributed by atoms with Crippen molar-refractivity contribution in [3.63, 3.8) is 0 Å². The number of amides is 1. The van der Waals surface area contributed by atoms with Crippen molar-refractivity contribution in [2.24, 2.45) is 4.99 Å². The maximum absolute atomic E-state index is 11.6. The summed E-state index contributed by atoms with van der Waals surface area (Å²) in [4.78, 5) is 16.0. The van der Waals surface area contributed by atoms with Crippen LogP contribution in [0, 0.1) is 0 Å². The molecule has 22 heavy (non-hydrogen) atoms. The van der Waals surface area contributed by atoms with E-state index in [9.17, 15) is 4.79 Å². The summed E-state index contributed by atoms with van der Waals surface area (Å²) in [5.74, 6) is 0.833. The lowest BCUT2D eigenvalue weighted by Crippen LogP contribution is -2.41. The van der Waals surface area contributed by atoms with Gasteiger partial charge in [0.05, 0.1) is 6.26 Å². The number of halogens is 1. The van der Waals surface area contributed by atoms with E-state index in [0.717, 1.165) is 18.9 Å². The first-order chi connectivity index (χ1) is 10.3. The number of hydrogen-bond donors (Lipinski definition) is 3. The molecule has 1 rings (SSSR count). The van der Waals surface area contributed by atoms with Crippen LogP contribution in [0.2, 0.25) is 0 Å². The van der Waals surface area contributed by atoms with Gasteiger partial charge in [-0.2, -0.15) is 0 Å². The number of ether oxygens (including phenoxy) is 1. The predicted octanol–water partition coefficient (Wildman–Crippen LogP) is 1.22. The van der Waals surface area contributed by atoms with Crippen LogP contribution in [0.5, 0.6) is 0 Å². The van der Waals surface area contributed by atoms with Crippen LogP contribution >= 0.6 is 24.0 Å². The van der Waals surface area contributed by atoms with Crippen molar-refractivity contribution < 1.29 is 13.9 Å². The molecule has 0 aliphatic rings. The van der Waals surface area contributed by atoms with Gasteiger partial charge >= 0.3 is 0 Å². The zero-order valence-corrected chi connectivity index (χ0v) is 15.4. The van der Waals surface area contributed by atoms with E-state index in [1.807, 2.05) is 6.92 Å². The fraction of sp³-hybridized carbons (Fsp3) is 0.571. The van der Waals surface area contributed by atoms with Crippen molar-refractivity contribution in [2.75, 3.05) is 39.9 Å². The van der Waals surface area contributed by atoms with Crippen molar-refractivity contribution in [1.29, 1.82) is 0 Å². The molecular formula is C14H25IN4O3. The summed E-state index contributed by atoms with van der Waals surface area (Å²) in [7, 11) is 1.68. The molecular weight excluding hydrogens is 399 g/mol. The van der Waals surface area contributed by atoms with Gasteiger partial charge < -0.3 is 25.1 Å². The quantitative estimate of drug-likeness (QED) is 0.240. The Bertz CT molecular complexity index is 424. The van der Waals surface area contributed by atoms with E-state index in [-0.39, 0.29) is 29.9 Å². The Morgan fingerprint density at radius 1 is 1.32 bits per heavy atom. The fourth-order valence-corrected chi connectivity index (χ4v) is 1.59. The van der Waals surface area contributed by atoms with Gasteiger partial charge in [0.2, 0.25) is 0 Å². The molecule has 0 aliphatic carbocycles. The molecule has 0 unspecified atom stereocenters. The Labute approximate surface area is 148 Å². The highest BCUT2D eigenvalue weighted by Gasteiger charge is 2.06. The van der Waals surface area contributed by atoms with Crippen LogP contribution in [0.15, 0.2) is 27.8 Å². The van der Waals surface area contributed by atoms with E-state index in [2.05, 4.69) is 20.9 Å². The lowest BCUT2D eigenvalue weighted by atomic mass is 10.4. The van der Waals surface area contributed by atoms with Crippen LogP contribution in [0.4, 0.5) is 0 Å². The number of methoxy groups -OCH3 is 1. The third kappa shape index (κ3) is 8.88. The first kappa shape index (κ1) is 20.7. The highest BCUT2D eigenvalue weighted by Crippen LogP contribution is 1.98. The van der Waals surface area contributed by atoms with Crippen molar-refractivity contribution in [1.82, 2.24) is 16.0 Å². The third-order valence-electron chi connectivity index (χ3n) is 2.57. The molecule has 0 saturated carbocycles. The molecule has 0 bridgehead atoms. The summed E-state index contributed by atoms with van der Waals surface area (Å²) in [6.45, 7) is 5.26. The van der Waals surface area contributed by atoms with Crippen LogP contribution < -0.4 is 16.0 Å². The molecule has 7 nitrogen and oxygen atoms in total. The standard InChI is InChI=1S/C14H24N4O3.HI/c1-3-15-14(17-7-5-10-20-2)18-9-8-16-13(19)12-6-4-11-21-12;/h4,6,11H,3,5,7-10H2,1-2H3,(H,16,19)(H2,15,17,18);1H. The Kier molecular flexibility index (Phi) is 12.6. The Morgan fingerprint density at radius 2 is 2.09 bits per heavy atom. The molecule has 1 amide bonds. The maximum Gasteiger partial charge on any atom is 0.287 e. The Hall–Kier alpha value is -1.29. The third-order valence-corrected chi connectivity index (χ3v) is 2.57. The van der Waals surface area contributed by atoms with Gasteiger partial charge in [-0.25, -0.2) is 0 Å². The summed E-state index contributed by atoms with van der Waals surface area (Å²) < 4.78 is 9.99. The zero-order valence-electron chi connectivity index (χ0n) is 13.1. The fourth-order valence-electron chi connectivity index (χ4n) is 1.59. The van der Waals surface area contributed by atoms with Crippen molar-refractivity contribution in [3.8, 4) is 0 Å². The SMILES string of the molecule is CCNC(=NCCCOC)NCCNC(=O)c1ccco1.I. The molecule has 0 spiro atoms. The van der Waals surface area contributed by atoms with E-state index in [4.69, 9.17) is 9.15 Å². The Balaban J connectivity index is 0.00000441. The van der Waals surface area contributed by atoms with Crippen LogP contribution in [0.1, 0.15) is 23.9 Å². The van der Waals surface area contributed by atoms with E-state index < -0.39 is 0 Å². The largest absolute Gasteiger partial charge is 0.459 e. The van der Waals surface area contributed by atoms with Crippen molar-refractivity contribution in [2.45, 2.75) is 13.3 Å². The van der Waals surface area contributed by atoms with Crippen LogP contribution in [0.25, 0.3) is 0 Å². The van der Waals surface area contributed by atoms with E-state index >= 15 is 0 Å². The zero-order chi connectivity index (χ0) is 15.3. The molecule has 126 valence electrons. The lowest BCUT2D eigenvalue weighted by molar-refractivity contribution is 0.0926. The molecule has 0 radical (unpaired) electrons. The number of carbonyl (C=O) groups excluding carboxylic acids is 1. The van der Waals surface area contributed by atoms with Gasteiger partial charge in [-0.05, 0) is 25.5 Å². The molecule has 1 aromatic rings. The maximum atomic E-state index is 11.6. The summed E-state index contributed by atoms with van der Waals surface area (Å²) >= 11 is 0. The number of aliphatic imine (C=N–C) groups is 1. The normalized spacial score (nSPS) is 10.7. The minimum absolute atomic E-state index is 0. The van der Waals surface area contributed by atoms with E-state index in [1.54, 1.807) is 19.2 Å². The summed E-state index contributed by atoms with van der Waals surface area (Å²) in [6.07, 6.45) is 2.35. The average Bonchev–Trinajstić information content (AvgIpc) is 3.02. The van der Waals surface area contributed by atoms with Crippen molar-refractivity contribution in [3.05, 3.63) is 24.2 Å². The minimum Gasteiger partial charge on any atom is -0.459 e. The van der Waals surface area contributed by atoms with Crippen LogP contribution in [-0.2, 0) is 4.74 Å². The topological polar surface area (TPSA) is 87.9 Å². The lowest BCUT2D eigenvalue weighted by Gasteiger charge is -2.11. The average molecular weight is 424 g/mol. The molecule has 3 N–H and O–H groups in total. The number of hydrogen-bond acceptors (Lipinski definition) is 4. The van der Waals surface area contributed by atoms with Gasteiger partial charge in [-0.1, -0.05) is 0 Å². The van der Waals surface area contributed by atoms with Gasteiger partial charge in [0.15, 0.2) is 11.7 Å². The highest BCUT2D eigenvalue weighted by molar-refractivity contribution is 14.0. The summed E-state index contributed by atoms with van der Waals surface area (Å²) in [5, 5.41) is 9.05. The monoisotopic (exact) mass is 424 g/mol. The van der Waals surface area contributed by atoms with Gasteiger partial charge in [-0.15, -0.1) is 24.0 Å². The molecule has 0 fully saturated rings. The molecule has 0 aromatic carbocycles. The molecule has 1 heterocycles. The second-order valence-electron chi connectivity index (χ2n) is 4.27. The molecule has 1 aromatic heterocycles. The number of rotatable bonds is 9. The number of furan rings is 1. The molecule has 0 aliphatic heterocycles. The number of nitrogens with one attached hydrogen (secondary N) is 3. The van der Waals surface area contributed by atoms with Crippen LogP contribution in [-0.4, -0.2) is 51.8 Å².